The third kappa shape index (κ3) is 5.92. The SMILES string of the molecule is CCC(C)(C)C(=O)OCC(=O)OC(C)(C)c1cc(Br)cc(Br)c1. The van der Waals surface area contributed by atoms with Crippen molar-refractivity contribution >= 4 is 43.8 Å². The van der Waals surface area contributed by atoms with Gasteiger partial charge < -0.3 is 9.47 Å². The lowest BCUT2D eigenvalue weighted by Crippen LogP contribution is -2.31. The van der Waals surface area contributed by atoms with Gasteiger partial charge in [-0.1, -0.05) is 38.8 Å². The van der Waals surface area contributed by atoms with Gasteiger partial charge in [-0.2, -0.15) is 0 Å². The molecule has 0 aromatic heterocycles. The van der Waals surface area contributed by atoms with Gasteiger partial charge in [0.2, 0.25) is 0 Å². The molecule has 0 bridgehead atoms. The van der Waals surface area contributed by atoms with Gasteiger partial charge in [0.25, 0.3) is 0 Å². The molecule has 0 heterocycles. The smallest absolute Gasteiger partial charge is 0.345 e. The van der Waals surface area contributed by atoms with Gasteiger partial charge in [0.05, 0.1) is 5.41 Å². The third-order valence-electron chi connectivity index (χ3n) is 3.68. The lowest BCUT2D eigenvalue weighted by atomic mass is 9.91. The summed E-state index contributed by atoms with van der Waals surface area (Å²) in [7, 11) is 0. The largest absolute Gasteiger partial charge is 0.453 e. The first-order valence-electron chi connectivity index (χ1n) is 7.33. The van der Waals surface area contributed by atoms with Gasteiger partial charge in [-0.05, 0) is 57.9 Å². The molecule has 23 heavy (non-hydrogen) atoms. The maximum atomic E-state index is 12.0. The predicted molar refractivity (Wildman–Crippen MR) is 96.0 cm³/mol. The van der Waals surface area contributed by atoms with Crippen LogP contribution >= 0.6 is 31.9 Å². The van der Waals surface area contributed by atoms with E-state index < -0.39 is 23.0 Å². The van der Waals surface area contributed by atoms with Crippen molar-refractivity contribution in [3.63, 3.8) is 0 Å². The molecule has 0 atom stereocenters. The molecule has 0 aliphatic carbocycles. The topological polar surface area (TPSA) is 52.6 Å². The maximum Gasteiger partial charge on any atom is 0.345 e. The highest BCUT2D eigenvalue weighted by atomic mass is 79.9. The number of carbonyl (C=O) groups excluding carboxylic acids is 2. The summed E-state index contributed by atoms with van der Waals surface area (Å²) in [5.41, 5.74) is -0.617. The average molecular weight is 450 g/mol. The number of ether oxygens (including phenoxy) is 2. The van der Waals surface area contributed by atoms with Crippen molar-refractivity contribution in [1.29, 1.82) is 0 Å². The molecule has 0 radical (unpaired) electrons. The van der Waals surface area contributed by atoms with Crippen molar-refractivity contribution in [2.45, 2.75) is 46.6 Å². The van der Waals surface area contributed by atoms with Crippen molar-refractivity contribution in [2.24, 2.45) is 5.41 Å². The van der Waals surface area contributed by atoms with Crippen LogP contribution in [-0.2, 0) is 24.7 Å². The molecule has 0 aliphatic rings. The Morgan fingerprint density at radius 3 is 2.04 bits per heavy atom. The van der Waals surface area contributed by atoms with E-state index in [9.17, 15) is 9.59 Å². The number of carbonyl (C=O) groups is 2. The number of rotatable bonds is 6. The van der Waals surface area contributed by atoms with E-state index in [0.29, 0.717) is 6.42 Å². The minimum Gasteiger partial charge on any atom is -0.453 e. The monoisotopic (exact) mass is 448 g/mol. The van der Waals surface area contributed by atoms with E-state index in [1.807, 2.05) is 25.1 Å². The molecule has 1 aromatic rings. The number of hydrogen-bond donors (Lipinski definition) is 0. The van der Waals surface area contributed by atoms with E-state index in [0.717, 1.165) is 14.5 Å². The summed E-state index contributed by atoms with van der Waals surface area (Å²) in [6, 6.07) is 5.66. The zero-order valence-electron chi connectivity index (χ0n) is 14.0. The minimum atomic E-state index is -0.837. The second kappa shape index (κ2) is 7.79. The Bertz CT molecular complexity index is 574. The number of esters is 2. The maximum absolute atomic E-state index is 12.0. The fraction of sp³-hybridized carbons (Fsp3) is 0.529. The van der Waals surface area contributed by atoms with Crippen LogP contribution < -0.4 is 0 Å². The van der Waals surface area contributed by atoms with Crippen molar-refractivity contribution in [1.82, 2.24) is 0 Å². The lowest BCUT2D eigenvalue weighted by Gasteiger charge is -2.26. The molecule has 0 N–H and O–H groups in total. The van der Waals surface area contributed by atoms with Crippen LogP contribution in [0.25, 0.3) is 0 Å². The van der Waals surface area contributed by atoms with Crippen LogP contribution in [0, 0.1) is 5.41 Å². The Labute approximate surface area is 154 Å². The van der Waals surface area contributed by atoms with Crippen LogP contribution in [0.5, 0.6) is 0 Å². The van der Waals surface area contributed by atoms with E-state index in [1.165, 1.54) is 0 Å². The normalized spacial score (nSPS) is 12.0. The molecular weight excluding hydrogens is 428 g/mol. The van der Waals surface area contributed by atoms with E-state index in [2.05, 4.69) is 31.9 Å². The Balaban J connectivity index is 2.70. The number of halogens is 2. The van der Waals surface area contributed by atoms with Crippen molar-refractivity contribution in [3.8, 4) is 0 Å². The van der Waals surface area contributed by atoms with Gasteiger partial charge in [-0.15, -0.1) is 0 Å². The van der Waals surface area contributed by atoms with E-state index in [1.54, 1.807) is 27.7 Å². The van der Waals surface area contributed by atoms with Gasteiger partial charge in [0, 0.05) is 8.95 Å². The summed E-state index contributed by atoms with van der Waals surface area (Å²) < 4.78 is 12.3. The van der Waals surface area contributed by atoms with Gasteiger partial charge in [-0.3, -0.25) is 4.79 Å². The molecule has 1 rings (SSSR count). The molecule has 0 fully saturated rings. The molecular formula is C17H22Br2O4. The van der Waals surface area contributed by atoms with Crippen LogP contribution in [-0.4, -0.2) is 18.5 Å². The van der Waals surface area contributed by atoms with Crippen LogP contribution in [0.15, 0.2) is 27.1 Å². The fourth-order valence-electron chi connectivity index (χ4n) is 1.74. The standard InChI is InChI=1S/C17H22Br2O4/c1-6-16(2,3)15(21)22-10-14(20)23-17(4,5)11-7-12(18)9-13(19)8-11/h7-9H,6,10H2,1-5H3. The molecule has 0 saturated heterocycles. The molecule has 4 nitrogen and oxygen atoms in total. The number of hydrogen-bond acceptors (Lipinski definition) is 4. The summed E-state index contributed by atoms with van der Waals surface area (Å²) in [4.78, 5) is 23.9. The second-order valence-corrected chi connectivity index (χ2v) is 8.29. The summed E-state index contributed by atoms with van der Waals surface area (Å²) in [5.74, 6) is -0.980. The van der Waals surface area contributed by atoms with Crippen LogP contribution in [0.4, 0.5) is 0 Å². The van der Waals surface area contributed by atoms with Gasteiger partial charge in [0.1, 0.15) is 5.60 Å². The first-order chi connectivity index (χ1) is 10.5. The van der Waals surface area contributed by atoms with Gasteiger partial charge >= 0.3 is 11.9 Å². The fourth-order valence-corrected chi connectivity index (χ4v) is 3.03. The highest BCUT2D eigenvalue weighted by Gasteiger charge is 2.30. The quantitative estimate of drug-likeness (QED) is 0.575. The van der Waals surface area contributed by atoms with E-state index in [4.69, 9.17) is 9.47 Å². The average Bonchev–Trinajstić information content (AvgIpc) is 2.43. The Morgan fingerprint density at radius 1 is 1.04 bits per heavy atom. The highest BCUT2D eigenvalue weighted by molar-refractivity contribution is 9.11. The third-order valence-corrected chi connectivity index (χ3v) is 4.60. The molecule has 0 spiro atoms. The zero-order chi connectivity index (χ0) is 17.8. The highest BCUT2D eigenvalue weighted by Crippen LogP contribution is 2.30. The summed E-state index contributed by atoms with van der Waals surface area (Å²) in [6.07, 6.45) is 0.637. The van der Waals surface area contributed by atoms with E-state index >= 15 is 0 Å². The summed E-state index contributed by atoms with van der Waals surface area (Å²) >= 11 is 6.82. The minimum absolute atomic E-state index is 0.388. The lowest BCUT2D eigenvalue weighted by molar-refractivity contribution is -0.172. The van der Waals surface area contributed by atoms with Crippen LogP contribution in [0.3, 0.4) is 0 Å². The summed E-state index contributed by atoms with van der Waals surface area (Å²) in [5, 5.41) is 0. The molecule has 0 aliphatic heterocycles. The first kappa shape index (κ1) is 20.2. The van der Waals surface area contributed by atoms with Crippen molar-refractivity contribution < 1.29 is 19.1 Å². The number of benzene rings is 1. The molecule has 1 aromatic carbocycles. The van der Waals surface area contributed by atoms with E-state index in [-0.39, 0.29) is 6.61 Å². The Morgan fingerprint density at radius 2 is 1.57 bits per heavy atom. The van der Waals surface area contributed by atoms with Crippen molar-refractivity contribution in [2.75, 3.05) is 6.61 Å². The summed E-state index contributed by atoms with van der Waals surface area (Å²) in [6.45, 7) is 8.65. The predicted octanol–water partition coefficient (Wildman–Crippen LogP) is 4.97. The van der Waals surface area contributed by atoms with Gasteiger partial charge in [-0.25, -0.2) is 4.79 Å². The molecule has 0 amide bonds. The first-order valence-corrected chi connectivity index (χ1v) is 8.92. The van der Waals surface area contributed by atoms with Crippen molar-refractivity contribution in [3.05, 3.63) is 32.7 Å². The van der Waals surface area contributed by atoms with Crippen LogP contribution in [0.2, 0.25) is 0 Å². The second-order valence-electron chi connectivity index (χ2n) is 6.46. The van der Waals surface area contributed by atoms with Gasteiger partial charge in [0.15, 0.2) is 6.61 Å². The molecule has 0 saturated carbocycles. The Kier molecular flexibility index (Phi) is 6.83. The molecule has 0 unspecified atom stereocenters. The molecule has 128 valence electrons. The molecule has 6 heteroatoms. The van der Waals surface area contributed by atoms with Crippen LogP contribution in [0.1, 0.15) is 46.6 Å². The zero-order valence-corrected chi connectivity index (χ0v) is 17.2. The Hall–Kier alpha value is -0.880.